The Labute approximate surface area is 93.0 Å². The number of alkyl halides is 3. The van der Waals surface area contributed by atoms with Crippen molar-refractivity contribution in [3.05, 3.63) is 0 Å². The van der Waals surface area contributed by atoms with E-state index in [1.165, 1.54) is 0 Å². The highest BCUT2D eigenvalue weighted by Crippen LogP contribution is 2.26. The van der Waals surface area contributed by atoms with Gasteiger partial charge in [0.25, 0.3) is 0 Å². The van der Waals surface area contributed by atoms with Gasteiger partial charge < -0.3 is 10.4 Å². The molecule has 0 aliphatic carbocycles. The van der Waals surface area contributed by atoms with Gasteiger partial charge >= 0.3 is 12.1 Å². The minimum absolute atomic E-state index is 0.0553. The maximum atomic E-state index is 11.9. The van der Waals surface area contributed by atoms with Gasteiger partial charge in [-0.25, -0.2) is 0 Å². The van der Waals surface area contributed by atoms with Gasteiger partial charge in [0.05, 0.1) is 6.42 Å². The highest BCUT2D eigenvalue weighted by molar-refractivity contribution is 5.68. The average molecular weight is 241 g/mol. The Morgan fingerprint density at radius 3 is 2.25 bits per heavy atom. The first kappa shape index (κ1) is 15.2. The van der Waals surface area contributed by atoms with Crippen LogP contribution in [-0.4, -0.2) is 29.3 Å². The Morgan fingerprint density at radius 2 is 1.88 bits per heavy atom. The maximum absolute atomic E-state index is 11.9. The summed E-state index contributed by atoms with van der Waals surface area (Å²) in [6.45, 7) is 3.97. The normalized spacial score (nSPS) is 15.8. The van der Waals surface area contributed by atoms with Crippen molar-refractivity contribution in [2.24, 2.45) is 0 Å². The van der Waals surface area contributed by atoms with E-state index in [1.54, 1.807) is 13.8 Å². The Kier molecular flexibility index (Phi) is 5.78. The fraction of sp³-hybridized carbons (Fsp3) is 0.900. The van der Waals surface area contributed by atoms with Crippen molar-refractivity contribution in [2.45, 2.75) is 51.2 Å². The van der Waals surface area contributed by atoms with Crippen LogP contribution in [0.2, 0.25) is 0 Å². The molecule has 6 heteroatoms. The molecule has 0 saturated carbocycles. The maximum Gasteiger partial charge on any atom is 0.389 e. The summed E-state index contributed by atoms with van der Waals surface area (Å²) in [7, 11) is 0. The van der Waals surface area contributed by atoms with Crippen LogP contribution in [0, 0.1) is 0 Å². The van der Waals surface area contributed by atoms with E-state index >= 15 is 0 Å². The fourth-order valence-electron chi connectivity index (χ4n) is 1.68. The van der Waals surface area contributed by atoms with Crippen LogP contribution in [0.15, 0.2) is 0 Å². The molecule has 0 rings (SSSR count). The molecule has 0 aromatic carbocycles. The molecule has 0 radical (unpaired) electrons. The van der Waals surface area contributed by atoms with Gasteiger partial charge in [-0.3, -0.25) is 4.79 Å². The average Bonchev–Trinajstić information content (AvgIpc) is 1.99. The van der Waals surface area contributed by atoms with Crippen molar-refractivity contribution in [1.82, 2.24) is 5.32 Å². The van der Waals surface area contributed by atoms with Crippen molar-refractivity contribution < 1.29 is 23.1 Å². The molecule has 0 fully saturated rings. The first-order chi connectivity index (χ1) is 7.18. The van der Waals surface area contributed by atoms with Crippen LogP contribution in [0.4, 0.5) is 13.2 Å². The summed E-state index contributed by atoms with van der Waals surface area (Å²) in [6.07, 6.45) is -5.06. The van der Waals surface area contributed by atoms with Crippen LogP contribution in [0.3, 0.4) is 0 Å². The van der Waals surface area contributed by atoms with E-state index in [2.05, 4.69) is 5.32 Å². The molecule has 16 heavy (non-hydrogen) atoms. The molecule has 3 nitrogen and oxygen atoms in total. The lowest BCUT2D eigenvalue weighted by molar-refractivity contribution is -0.139. The summed E-state index contributed by atoms with van der Waals surface area (Å²) < 4.78 is 35.8. The highest BCUT2D eigenvalue weighted by Gasteiger charge is 2.30. The summed E-state index contributed by atoms with van der Waals surface area (Å²) in [5.74, 6) is -1.00. The van der Waals surface area contributed by atoms with E-state index in [0.29, 0.717) is 6.54 Å². The van der Waals surface area contributed by atoms with Crippen LogP contribution in [0.25, 0.3) is 0 Å². The molecule has 2 N–H and O–H groups in total. The summed E-state index contributed by atoms with van der Waals surface area (Å²) in [4.78, 5) is 10.6. The molecule has 96 valence electrons. The number of aliphatic carboxylic acids is 1. The molecule has 1 atom stereocenters. The lowest BCUT2D eigenvalue weighted by Gasteiger charge is -2.29. The number of halogens is 3. The third-order valence-corrected chi connectivity index (χ3v) is 2.33. The number of rotatable bonds is 7. The molecule has 0 amide bonds. The lowest BCUT2D eigenvalue weighted by Crippen LogP contribution is -2.44. The Balaban J connectivity index is 4.17. The molecule has 0 aromatic heterocycles. The molecule has 0 bridgehead atoms. The van der Waals surface area contributed by atoms with Gasteiger partial charge in [-0.15, -0.1) is 0 Å². The molecule has 1 unspecified atom stereocenters. The predicted molar refractivity (Wildman–Crippen MR) is 54.2 cm³/mol. The summed E-state index contributed by atoms with van der Waals surface area (Å²) in [6, 6.07) is 0. The predicted octanol–water partition coefficient (Wildman–Crippen LogP) is 2.56. The molecule has 0 aliphatic heterocycles. The molecule has 0 aromatic rings. The number of carbonyl (C=O) groups is 1. The van der Waals surface area contributed by atoms with Crippen molar-refractivity contribution in [3.63, 3.8) is 0 Å². The van der Waals surface area contributed by atoms with Crippen molar-refractivity contribution in [3.8, 4) is 0 Å². The first-order valence-electron chi connectivity index (χ1n) is 5.22. The van der Waals surface area contributed by atoms with Crippen LogP contribution in [0.5, 0.6) is 0 Å². The zero-order valence-corrected chi connectivity index (χ0v) is 9.52. The lowest BCUT2D eigenvalue weighted by atomic mass is 9.91. The van der Waals surface area contributed by atoms with Gasteiger partial charge in [0.15, 0.2) is 0 Å². The fourth-order valence-corrected chi connectivity index (χ4v) is 1.68. The Bertz CT molecular complexity index is 231. The van der Waals surface area contributed by atoms with Gasteiger partial charge in [-0.05, 0) is 26.3 Å². The van der Waals surface area contributed by atoms with E-state index in [-0.39, 0.29) is 19.3 Å². The van der Waals surface area contributed by atoms with Crippen LogP contribution < -0.4 is 5.32 Å². The third-order valence-electron chi connectivity index (χ3n) is 2.33. The van der Waals surface area contributed by atoms with E-state index in [0.717, 1.165) is 0 Å². The largest absolute Gasteiger partial charge is 0.481 e. The van der Waals surface area contributed by atoms with Gasteiger partial charge in [-0.2, -0.15) is 13.2 Å². The van der Waals surface area contributed by atoms with E-state index in [1.807, 2.05) is 0 Å². The van der Waals surface area contributed by atoms with Crippen molar-refractivity contribution in [2.75, 3.05) is 6.54 Å². The van der Waals surface area contributed by atoms with E-state index in [9.17, 15) is 18.0 Å². The molecular formula is C10H18F3NO2. The zero-order valence-electron chi connectivity index (χ0n) is 9.52. The van der Waals surface area contributed by atoms with Crippen LogP contribution in [-0.2, 0) is 4.79 Å². The minimum atomic E-state index is -4.17. The van der Waals surface area contributed by atoms with Crippen LogP contribution >= 0.6 is 0 Å². The summed E-state index contributed by atoms with van der Waals surface area (Å²) in [5.41, 5.74) is -0.758. The van der Waals surface area contributed by atoms with Gasteiger partial charge in [0.1, 0.15) is 0 Å². The zero-order chi connectivity index (χ0) is 12.8. The van der Waals surface area contributed by atoms with Gasteiger partial charge in [0, 0.05) is 12.0 Å². The topological polar surface area (TPSA) is 49.3 Å². The molecule has 0 heterocycles. The molecule has 0 aliphatic rings. The standard InChI is InChI=1S/C10H18F3NO2/c1-3-14-9(2,7-8(15)16)5-4-6-10(11,12)13/h14H,3-7H2,1-2H3,(H,15,16). The van der Waals surface area contributed by atoms with Gasteiger partial charge in [0.2, 0.25) is 0 Å². The number of carboxylic acids is 1. The second kappa shape index (κ2) is 6.08. The van der Waals surface area contributed by atoms with Crippen molar-refractivity contribution >= 4 is 5.97 Å². The highest BCUT2D eigenvalue weighted by atomic mass is 19.4. The van der Waals surface area contributed by atoms with Gasteiger partial charge in [-0.1, -0.05) is 6.92 Å². The SMILES string of the molecule is CCNC(C)(CCCC(F)(F)F)CC(=O)O. The Hall–Kier alpha value is -0.780. The second-order valence-electron chi connectivity index (χ2n) is 4.13. The quantitative estimate of drug-likeness (QED) is 0.720. The summed E-state index contributed by atoms with van der Waals surface area (Å²) >= 11 is 0. The molecule has 0 saturated heterocycles. The second-order valence-corrected chi connectivity index (χ2v) is 4.13. The smallest absolute Gasteiger partial charge is 0.389 e. The van der Waals surface area contributed by atoms with E-state index < -0.39 is 24.1 Å². The number of hydrogen-bond acceptors (Lipinski definition) is 2. The van der Waals surface area contributed by atoms with Crippen LogP contribution in [0.1, 0.15) is 39.5 Å². The number of hydrogen-bond donors (Lipinski definition) is 2. The van der Waals surface area contributed by atoms with Crippen molar-refractivity contribution in [1.29, 1.82) is 0 Å². The number of carboxylic acid groups (broad SMARTS) is 1. The minimum Gasteiger partial charge on any atom is -0.481 e. The number of nitrogens with one attached hydrogen (secondary N) is 1. The monoisotopic (exact) mass is 241 g/mol. The van der Waals surface area contributed by atoms with E-state index in [4.69, 9.17) is 5.11 Å². The summed E-state index contributed by atoms with van der Waals surface area (Å²) in [5, 5.41) is 11.6. The third kappa shape index (κ3) is 7.50. The molecule has 0 spiro atoms. The first-order valence-corrected chi connectivity index (χ1v) is 5.22. The Morgan fingerprint density at radius 1 is 1.31 bits per heavy atom. The molecular weight excluding hydrogens is 223 g/mol.